The average molecular weight is 217 g/mol. The molecule has 16 heavy (non-hydrogen) atoms. The lowest BCUT2D eigenvalue weighted by Gasteiger charge is -2.25. The molecule has 0 saturated carbocycles. The summed E-state index contributed by atoms with van der Waals surface area (Å²) in [6.45, 7) is 11.4. The van der Waals surface area contributed by atoms with Crippen molar-refractivity contribution in [1.29, 1.82) is 0 Å². The van der Waals surface area contributed by atoms with Gasteiger partial charge in [-0.2, -0.15) is 0 Å². The molecule has 0 amide bonds. The maximum atomic E-state index is 12.8. The Hall–Kier alpha value is -1.83. The van der Waals surface area contributed by atoms with Crippen molar-refractivity contribution in [3.05, 3.63) is 66.8 Å². The highest BCUT2D eigenvalue weighted by Gasteiger charge is 2.08. The predicted molar refractivity (Wildman–Crippen MR) is 67.6 cm³/mol. The second-order valence-corrected chi connectivity index (χ2v) is 3.59. The summed E-state index contributed by atoms with van der Waals surface area (Å²) in [5.41, 5.74) is 2.76. The molecular weight excluding hydrogens is 201 g/mol. The van der Waals surface area contributed by atoms with Gasteiger partial charge in [0, 0.05) is 17.1 Å². The molecule has 0 spiro atoms. The van der Waals surface area contributed by atoms with Crippen molar-refractivity contribution >= 4 is 5.69 Å². The van der Waals surface area contributed by atoms with E-state index in [9.17, 15) is 4.39 Å². The van der Waals surface area contributed by atoms with Gasteiger partial charge >= 0.3 is 0 Å². The zero-order chi connectivity index (χ0) is 12.1. The zero-order valence-electron chi connectivity index (χ0n) is 9.70. The van der Waals surface area contributed by atoms with E-state index in [0.717, 1.165) is 17.1 Å². The van der Waals surface area contributed by atoms with E-state index in [1.807, 2.05) is 24.8 Å². The highest BCUT2D eigenvalue weighted by molar-refractivity contribution is 5.57. The number of hydrogen-bond acceptors (Lipinski definition) is 1. The van der Waals surface area contributed by atoms with Crippen molar-refractivity contribution in [2.45, 2.75) is 13.8 Å². The van der Waals surface area contributed by atoms with Gasteiger partial charge in [0.2, 0.25) is 0 Å². The van der Waals surface area contributed by atoms with Crippen LogP contribution in [0, 0.1) is 5.82 Å². The minimum absolute atomic E-state index is 0.240. The van der Waals surface area contributed by atoms with Crippen LogP contribution in [0.3, 0.4) is 0 Å². The lowest BCUT2D eigenvalue weighted by Crippen LogP contribution is -2.17. The van der Waals surface area contributed by atoms with E-state index >= 15 is 0 Å². The zero-order valence-corrected chi connectivity index (χ0v) is 9.70. The molecule has 0 N–H and O–H groups in total. The van der Waals surface area contributed by atoms with E-state index in [1.165, 1.54) is 12.1 Å². The SMILES string of the molecule is C=C/C=C(\C)N(C(=C)C)c1ccc(F)cc1. The number of hydrogen-bond donors (Lipinski definition) is 0. The van der Waals surface area contributed by atoms with Gasteiger partial charge < -0.3 is 4.90 Å². The number of allylic oxidation sites excluding steroid dienone is 4. The summed E-state index contributed by atoms with van der Waals surface area (Å²) in [4.78, 5) is 1.95. The van der Waals surface area contributed by atoms with Gasteiger partial charge in [0.05, 0.1) is 0 Å². The van der Waals surface area contributed by atoms with Gasteiger partial charge in [-0.15, -0.1) is 0 Å². The molecule has 0 saturated heterocycles. The van der Waals surface area contributed by atoms with Crippen LogP contribution in [0.5, 0.6) is 0 Å². The van der Waals surface area contributed by atoms with E-state index in [0.29, 0.717) is 0 Å². The number of anilines is 1. The minimum atomic E-state index is -0.240. The van der Waals surface area contributed by atoms with Crippen molar-refractivity contribution in [3.63, 3.8) is 0 Å². The van der Waals surface area contributed by atoms with Crippen molar-refractivity contribution < 1.29 is 4.39 Å². The summed E-state index contributed by atoms with van der Waals surface area (Å²) < 4.78 is 12.8. The maximum Gasteiger partial charge on any atom is 0.123 e. The van der Waals surface area contributed by atoms with Crippen molar-refractivity contribution in [1.82, 2.24) is 0 Å². The molecular formula is C14H16FN. The lowest BCUT2D eigenvalue weighted by molar-refractivity contribution is 0.628. The third kappa shape index (κ3) is 2.83. The smallest absolute Gasteiger partial charge is 0.123 e. The Morgan fingerprint density at radius 3 is 2.25 bits per heavy atom. The monoisotopic (exact) mass is 217 g/mol. The quantitative estimate of drug-likeness (QED) is 0.681. The van der Waals surface area contributed by atoms with Crippen LogP contribution >= 0.6 is 0 Å². The molecule has 0 radical (unpaired) electrons. The predicted octanol–water partition coefficient (Wildman–Crippen LogP) is 4.26. The Labute approximate surface area is 96.2 Å². The minimum Gasteiger partial charge on any atom is -0.319 e. The van der Waals surface area contributed by atoms with Gasteiger partial charge in [0.1, 0.15) is 5.82 Å². The average Bonchev–Trinajstić information content (AvgIpc) is 2.21. The van der Waals surface area contributed by atoms with Crippen LogP contribution in [0.1, 0.15) is 13.8 Å². The molecule has 0 atom stereocenters. The fourth-order valence-electron chi connectivity index (χ4n) is 1.56. The number of benzene rings is 1. The number of rotatable bonds is 4. The molecule has 1 aromatic rings. The third-order valence-electron chi connectivity index (χ3n) is 2.18. The van der Waals surface area contributed by atoms with Gasteiger partial charge in [0.25, 0.3) is 0 Å². The van der Waals surface area contributed by atoms with Crippen LogP contribution in [0.25, 0.3) is 0 Å². The van der Waals surface area contributed by atoms with Crippen LogP contribution in [-0.2, 0) is 0 Å². The van der Waals surface area contributed by atoms with Crippen LogP contribution in [-0.4, -0.2) is 0 Å². The molecule has 0 aliphatic heterocycles. The fraction of sp³-hybridized carbons (Fsp3) is 0.143. The van der Waals surface area contributed by atoms with Gasteiger partial charge in [-0.05, 0) is 44.2 Å². The summed E-state index contributed by atoms with van der Waals surface area (Å²) in [7, 11) is 0. The van der Waals surface area contributed by atoms with Gasteiger partial charge in [-0.3, -0.25) is 0 Å². The highest BCUT2D eigenvalue weighted by Crippen LogP contribution is 2.23. The normalized spacial score (nSPS) is 11.1. The molecule has 0 fully saturated rings. The molecule has 0 unspecified atom stereocenters. The van der Waals surface area contributed by atoms with Gasteiger partial charge in [-0.1, -0.05) is 19.2 Å². The molecule has 0 aliphatic rings. The lowest BCUT2D eigenvalue weighted by atomic mass is 10.2. The Bertz CT molecular complexity index is 415. The summed E-state index contributed by atoms with van der Waals surface area (Å²) in [5, 5.41) is 0. The van der Waals surface area contributed by atoms with E-state index in [1.54, 1.807) is 18.2 Å². The molecule has 0 aromatic heterocycles. The topological polar surface area (TPSA) is 3.24 Å². The van der Waals surface area contributed by atoms with Gasteiger partial charge in [0.15, 0.2) is 0 Å². The van der Waals surface area contributed by atoms with Crippen LogP contribution in [0.4, 0.5) is 10.1 Å². The van der Waals surface area contributed by atoms with E-state index in [2.05, 4.69) is 13.2 Å². The first-order valence-corrected chi connectivity index (χ1v) is 5.06. The Kier molecular flexibility index (Phi) is 4.06. The largest absolute Gasteiger partial charge is 0.319 e. The highest BCUT2D eigenvalue weighted by atomic mass is 19.1. The van der Waals surface area contributed by atoms with Crippen molar-refractivity contribution in [2.75, 3.05) is 4.90 Å². The van der Waals surface area contributed by atoms with Crippen LogP contribution < -0.4 is 4.90 Å². The van der Waals surface area contributed by atoms with E-state index in [4.69, 9.17) is 0 Å². The van der Waals surface area contributed by atoms with Crippen molar-refractivity contribution in [2.24, 2.45) is 0 Å². The van der Waals surface area contributed by atoms with Crippen LogP contribution in [0.2, 0.25) is 0 Å². The van der Waals surface area contributed by atoms with Crippen molar-refractivity contribution in [3.8, 4) is 0 Å². The van der Waals surface area contributed by atoms with E-state index < -0.39 is 0 Å². The Morgan fingerprint density at radius 2 is 1.81 bits per heavy atom. The second kappa shape index (κ2) is 5.31. The molecule has 0 bridgehead atoms. The second-order valence-electron chi connectivity index (χ2n) is 3.59. The molecule has 1 nitrogen and oxygen atoms in total. The molecule has 84 valence electrons. The first-order valence-electron chi connectivity index (χ1n) is 5.06. The fourth-order valence-corrected chi connectivity index (χ4v) is 1.56. The Balaban J connectivity index is 3.12. The molecule has 1 rings (SSSR count). The Morgan fingerprint density at radius 1 is 1.25 bits per heavy atom. The maximum absolute atomic E-state index is 12.8. The summed E-state index contributed by atoms with van der Waals surface area (Å²) in [6, 6.07) is 6.33. The number of halogens is 1. The molecule has 2 heteroatoms. The van der Waals surface area contributed by atoms with E-state index in [-0.39, 0.29) is 5.82 Å². The summed E-state index contributed by atoms with van der Waals surface area (Å²) in [5.74, 6) is -0.240. The molecule has 1 aromatic carbocycles. The summed E-state index contributed by atoms with van der Waals surface area (Å²) >= 11 is 0. The third-order valence-corrected chi connectivity index (χ3v) is 2.18. The van der Waals surface area contributed by atoms with Crippen LogP contribution in [0.15, 0.2) is 61.0 Å². The molecule has 0 heterocycles. The summed E-state index contributed by atoms with van der Waals surface area (Å²) in [6.07, 6.45) is 3.60. The molecule has 0 aliphatic carbocycles. The van der Waals surface area contributed by atoms with Gasteiger partial charge in [-0.25, -0.2) is 4.39 Å². The first-order chi connectivity index (χ1) is 7.56. The first kappa shape index (κ1) is 12.2. The number of nitrogens with zero attached hydrogens (tertiary/aromatic N) is 1. The standard InChI is InChI=1S/C14H16FN/c1-5-6-12(4)16(11(2)3)14-9-7-13(15)8-10-14/h5-10H,1-2H2,3-4H3/b12-6+.